The van der Waals surface area contributed by atoms with E-state index in [4.69, 9.17) is 9.47 Å². The van der Waals surface area contributed by atoms with E-state index in [0.29, 0.717) is 13.2 Å². The Morgan fingerprint density at radius 1 is 0.536 bits per heavy atom. The molecular formula is C24H40O4. The average molecular weight is 393 g/mol. The van der Waals surface area contributed by atoms with Gasteiger partial charge in [-0.1, -0.05) is 64.2 Å². The van der Waals surface area contributed by atoms with Crippen LogP contribution in [-0.4, -0.2) is 25.2 Å². The number of ether oxygens (including phenoxy) is 2. The molecule has 0 aliphatic heterocycles. The van der Waals surface area contributed by atoms with Gasteiger partial charge in [-0.25, -0.2) is 0 Å². The van der Waals surface area contributed by atoms with Crippen LogP contribution in [-0.2, 0) is 19.1 Å². The summed E-state index contributed by atoms with van der Waals surface area (Å²) in [6.07, 6.45) is 18.3. The Morgan fingerprint density at radius 2 is 0.929 bits per heavy atom. The maximum atomic E-state index is 12.2. The van der Waals surface area contributed by atoms with Crippen LogP contribution in [0, 0.1) is 23.7 Å². The second-order valence-electron chi connectivity index (χ2n) is 9.47. The molecule has 0 aromatic rings. The van der Waals surface area contributed by atoms with Crippen molar-refractivity contribution in [3.05, 3.63) is 0 Å². The molecule has 0 radical (unpaired) electrons. The van der Waals surface area contributed by atoms with Crippen molar-refractivity contribution in [2.24, 2.45) is 23.7 Å². The first kappa shape index (κ1) is 21.6. The van der Waals surface area contributed by atoms with Crippen LogP contribution in [0.2, 0.25) is 0 Å². The third-order valence-electron chi connectivity index (χ3n) is 6.79. The van der Waals surface area contributed by atoms with E-state index in [1.165, 1.54) is 64.2 Å². The highest BCUT2D eigenvalue weighted by molar-refractivity contribution is 5.75. The summed E-state index contributed by atoms with van der Waals surface area (Å²) in [4.78, 5) is 24.4. The molecule has 0 saturated heterocycles. The highest BCUT2D eigenvalue weighted by Gasteiger charge is 2.31. The zero-order valence-corrected chi connectivity index (χ0v) is 17.7. The van der Waals surface area contributed by atoms with E-state index < -0.39 is 0 Å². The molecule has 0 amide bonds. The van der Waals surface area contributed by atoms with Gasteiger partial charge in [-0.15, -0.1) is 0 Å². The molecule has 3 aliphatic carbocycles. The minimum absolute atomic E-state index is 0.0158. The van der Waals surface area contributed by atoms with E-state index in [1.807, 2.05) is 0 Å². The summed E-state index contributed by atoms with van der Waals surface area (Å²) in [5, 5.41) is 0. The molecule has 0 unspecified atom stereocenters. The Bertz CT molecular complexity index is 429. The lowest BCUT2D eigenvalue weighted by atomic mass is 9.82. The van der Waals surface area contributed by atoms with Gasteiger partial charge in [0.25, 0.3) is 0 Å². The van der Waals surface area contributed by atoms with Crippen molar-refractivity contribution >= 4 is 11.9 Å². The third-order valence-corrected chi connectivity index (χ3v) is 6.79. The van der Waals surface area contributed by atoms with Crippen LogP contribution in [0.3, 0.4) is 0 Å². The Balaban J connectivity index is 1.16. The summed E-state index contributed by atoms with van der Waals surface area (Å²) in [5.41, 5.74) is 0. The number of esters is 2. The molecule has 0 aromatic carbocycles. The molecule has 0 N–H and O–H groups in total. The van der Waals surface area contributed by atoms with Crippen LogP contribution in [0.15, 0.2) is 0 Å². The molecule has 0 atom stereocenters. The molecular weight excluding hydrogens is 352 g/mol. The third kappa shape index (κ3) is 8.53. The first-order valence-electron chi connectivity index (χ1n) is 12.1. The van der Waals surface area contributed by atoms with Crippen molar-refractivity contribution in [3.8, 4) is 0 Å². The van der Waals surface area contributed by atoms with E-state index in [-0.39, 0.29) is 23.8 Å². The summed E-state index contributed by atoms with van der Waals surface area (Å²) >= 11 is 0. The van der Waals surface area contributed by atoms with Gasteiger partial charge in [0.15, 0.2) is 0 Å². The van der Waals surface area contributed by atoms with Gasteiger partial charge in [0, 0.05) is 0 Å². The predicted octanol–water partition coefficient (Wildman–Crippen LogP) is 5.82. The van der Waals surface area contributed by atoms with Gasteiger partial charge in [-0.3, -0.25) is 9.59 Å². The smallest absolute Gasteiger partial charge is 0.308 e. The molecule has 3 saturated carbocycles. The van der Waals surface area contributed by atoms with Crippen molar-refractivity contribution in [1.82, 2.24) is 0 Å². The van der Waals surface area contributed by atoms with E-state index in [0.717, 1.165) is 50.4 Å². The van der Waals surface area contributed by atoms with Crippen molar-refractivity contribution < 1.29 is 19.1 Å². The van der Waals surface area contributed by atoms with Gasteiger partial charge < -0.3 is 9.47 Å². The number of hydrogen-bond acceptors (Lipinski definition) is 4. The van der Waals surface area contributed by atoms with Crippen LogP contribution in [0.1, 0.15) is 103 Å². The first-order chi connectivity index (χ1) is 13.7. The summed E-state index contributed by atoms with van der Waals surface area (Å²) in [7, 11) is 0. The molecule has 3 aliphatic rings. The number of carbonyl (C=O) groups excluding carboxylic acids is 2. The maximum absolute atomic E-state index is 12.2. The largest absolute Gasteiger partial charge is 0.465 e. The summed E-state index contributed by atoms with van der Waals surface area (Å²) in [5.74, 6) is 1.86. The molecule has 0 bridgehead atoms. The van der Waals surface area contributed by atoms with Crippen LogP contribution in [0.5, 0.6) is 0 Å². The lowest BCUT2D eigenvalue weighted by Gasteiger charge is -2.26. The fourth-order valence-electron chi connectivity index (χ4n) is 4.38. The number of hydrogen-bond donors (Lipinski definition) is 0. The zero-order chi connectivity index (χ0) is 19.6. The van der Waals surface area contributed by atoms with Crippen molar-refractivity contribution in [1.29, 1.82) is 0 Å². The van der Waals surface area contributed by atoms with Crippen molar-refractivity contribution in [2.45, 2.75) is 103 Å². The van der Waals surface area contributed by atoms with Gasteiger partial charge in [-0.05, 0) is 50.4 Å². The number of carbonyl (C=O) groups is 2. The average Bonchev–Trinajstić information content (AvgIpc) is 3.62. The summed E-state index contributed by atoms with van der Waals surface area (Å²) < 4.78 is 10.9. The molecule has 0 aromatic heterocycles. The van der Waals surface area contributed by atoms with Gasteiger partial charge in [-0.2, -0.15) is 0 Å². The molecule has 28 heavy (non-hydrogen) atoms. The summed E-state index contributed by atoms with van der Waals surface area (Å²) in [6.45, 7) is 1.12. The van der Waals surface area contributed by atoms with Crippen LogP contribution in [0.25, 0.3) is 0 Å². The predicted molar refractivity (Wildman–Crippen MR) is 110 cm³/mol. The lowest BCUT2D eigenvalue weighted by Crippen LogP contribution is -2.28. The number of rotatable bonds is 14. The van der Waals surface area contributed by atoms with E-state index in [1.54, 1.807) is 0 Å². The topological polar surface area (TPSA) is 52.6 Å². The van der Waals surface area contributed by atoms with E-state index >= 15 is 0 Å². The molecule has 0 heterocycles. The second-order valence-corrected chi connectivity index (χ2v) is 9.47. The van der Waals surface area contributed by atoms with Crippen molar-refractivity contribution in [2.75, 3.05) is 13.2 Å². The fraction of sp³-hybridized carbons (Fsp3) is 0.917. The minimum Gasteiger partial charge on any atom is -0.465 e. The van der Waals surface area contributed by atoms with Gasteiger partial charge >= 0.3 is 11.9 Å². The second kappa shape index (κ2) is 11.8. The lowest BCUT2D eigenvalue weighted by molar-refractivity contribution is -0.155. The SMILES string of the molecule is O=C(OCCCCCC1CC1)C1CCC(C(=O)OCCCCCC2CC2)CC1. The van der Waals surface area contributed by atoms with Crippen LogP contribution < -0.4 is 0 Å². The summed E-state index contributed by atoms with van der Waals surface area (Å²) in [6, 6.07) is 0. The van der Waals surface area contributed by atoms with Gasteiger partial charge in [0.2, 0.25) is 0 Å². The van der Waals surface area contributed by atoms with Crippen LogP contribution >= 0.6 is 0 Å². The first-order valence-corrected chi connectivity index (χ1v) is 12.1. The quantitative estimate of drug-likeness (QED) is 0.276. The normalized spacial score (nSPS) is 24.7. The maximum Gasteiger partial charge on any atom is 0.308 e. The Hall–Kier alpha value is -1.06. The Kier molecular flexibility index (Phi) is 9.14. The molecule has 3 fully saturated rings. The highest BCUT2D eigenvalue weighted by atomic mass is 16.5. The number of unbranched alkanes of at least 4 members (excludes halogenated alkanes) is 4. The van der Waals surface area contributed by atoms with Gasteiger partial charge in [0.1, 0.15) is 0 Å². The molecule has 4 nitrogen and oxygen atoms in total. The van der Waals surface area contributed by atoms with E-state index in [9.17, 15) is 9.59 Å². The minimum atomic E-state index is -0.0512. The standard InChI is InChI=1S/C24H40O4/c25-23(27-17-5-1-3-7-19-9-10-19)21-13-15-22(16-14-21)24(26)28-18-6-2-4-8-20-11-12-20/h19-22H,1-18H2. The molecule has 3 rings (SSSR count). The molecule has 4 heteroatoms. The van der Waals surface area contributed by atoms with Gasteiger partial charge in [0.05, 0.1) is 25.0 Å². The Labute approximate surface area is 171 Å². The van der Waals surface area contributed by atoms with Crippen molar-refractivity contribution in [3.63, 3.8) is 0 Å². The zero-order valence-electron chi connectivity index (χ0n) is 17.7. The molecule has 160 valence electrons. The molecule has 0 spiro atoms. The fourth-order valence-corrected chi connectivity index (χ4v) is 4.38. The highest BCUT2D eigenvalue weighted by Crippen LogP contribution is 2.35. The van der Waals surface area contributed by atoms with E-state index in [2.05, 4.69) is 0 Å². The monoisotopic (exact) mass is 392 g/mol. The Morgan fingerprint density at radius 3 is 1.29 bits per heavy atom. The van der Waals surface area contributed by atoms with Crippen LogP contribution in [0.4, 0.5) is 0 Å².